The van der Waals surface area contributed by atoms with E-state index in [4.69, 9.17) is 11.5 Å². The largest absolute Gasteiger partial charge is 0.369 e. The van der Waals surface area contributed by atoms with Crippen LogP contribution in [-0.2, 0) is 9.59 Å². The van der Waals surface area contributed by atoms with Crippen LogP contribution in [0.5, 0.6) is 0 Å². The lowest BCUT2D eigenvalue weighted by molar-refractivity contribution is -0.143. The molecular formula is C17H33N3O2. The van der Waals surface area contributed by atoms with Crippen molar-refractivity contribution in [1.29, 1.82) is 0 Å². The molecule has 0 saturated carbocycles. The van der Waals surface area contributed by atoms with Gasteiger partial charge in [0.15, 0.2) is 0 Å². The third-order valence-corrected chi connectivity index (χ3v) is 4.75. The van der Waals surface area contributed by atoms with Crippen LogP contribution in [0.15, 0.2) is 0 Å². The zero-order valence-electron chi connectivity index (χ0n) is 14.4. The molecule has 0 aromatic heterocycles. The Morgan fingerprint density at radius 2 is 1.77 bits per heavy atom. The summed E-state index contributed by atoms with van der Waals surface area (Å²) < 4.78 is 0. The first kappa shape index (κ1) is 18.9. The van der Waals surface area contributed by atoms with E-state index in [0.29, 0.717) is 24.8 Å². The minimum absolute atomic E-state index is 0.112. The molecule has 0 aromatic carbocycles. The average molecular weight is 311 g/mol. The molecule has 1 fully saturated rings. The highest BCUT2D eigenvalue weighted by molar-refractivity contribution is 5.87. The van der Waals surface area contributed by atoms with Crippen molar-refractivity contribution in [2.45, 2.75) is 52.9 Å². The lowest BCUT2D eigenvalue weighted by atomic mass is 9.81. The maximum absolute atomic E-state index is 12.9. The van der Waals surface area contributed by atoms with E-state index in [1.54, 1.807) is 0 Å². The Kier molecular flexibility index (Phi) is 7.87. The fourth-order valence-corrected chi connectivity index (χ4v) is 3.42. The molecule has 1 aliphatic heterocycles. The molecule has 128 valence electrons. The summed E-state index contributed by atoms with van der Waals surface area (Å²) in [7, 11) is 0. The molecule has 0 aliphatic carbocycles. The van der Waals surface area contributed by atoms with Crippen molar-refractivity contribution >= 4 is 11.8 Å². The first-order chi connectivity index (χ1) is 10.4. The number of hydrogen-bond acceptors (Lipinski definition) is 3. The Morgan fingerprint density at radius 3 is 2.18 bits per heavy atom. The first-order valence-electron chi connectivity index (χ1n) is 8.68. The Morgan fingerprint density at radius 1 is 1.18 bits per heavy atom. The highest BCUT2D eigenvalue weighted by Crippen LogP contribution is 2.28. The van der Waals surface area contributed by atoms with E-state index in [2.05, 4.69) is 13.8 Å². The predicted octanol–water partition coefficient (Wildman–Crippen LogP) is 1.75. The van der Waals surface area contributed by atoms with E-state index in [-0.39, 0.29) is 23.7 Å². The van der Waals surface area contributed by atoms with E-state index < -0.39 is 0 Å². The van der Waals surface area contributed by atoms with Crippen LogP contribution in [0.1, 0.15) is 52.9 Å². The molecule has 5 heteroatoms. The summed E-state index contributed by atoms with van der Waals surface area (Å²) in [6.45, 7) is 8.41. The molecule has 1 aliphatic rings. The van der Waals surface area contributed by atoms with Crippen molar-refractivity contribution in [3.05, 3.63) is 0 Å². The van der Waals surface area contributed by atoms with Gasteiger partial charge in [-0.1, -0.05) is 27.2 Å². The van der Waals surface area contributed by atoms with E-state index >= 15 is 0 Å². The maximum atomic E-state index is 12.9. The van der Waals surface area contributed by atoms with E-state index in [1.165, 1.54) is 0 Å². The molecule has 1 heterocycles. The lowest BCUT2D eigenvalue weighted by Gasteiger charge is -2.36. The molecule has 0 spiro atoms. The zero-order chi connectivity index (χ0) is 16.7. The van der Waals surface area contributed by atoms with Crippen LogP contribution in [0.25, 0.3) is 0 Å². The highest BCUT2D eigenvalue weighted by atomic mass is 16.2. The fraction of sp³-hybridized carbons (Fsp3) is 0.882. The molecule has 0 bridgehead atoms. The van der Waals surface area contributed by atoms with Crippen LogP contribution in [0.2, 0.25) is 0 Å². The second-order valence-electron chi connectivity index (χ2n) is 7.04. The summed E-state index contributed by atoms with van der Waals surface area (Å²) in [5, 5.41) is 0. The average Bonchev–Trinajstić information content (AvgIpc) is 2.49. The Bertz CT molecular complexity index is 363. The number of carbonyl (C=O) groups excluding carboxylic acids is 2. The lowest BCUT2D eigenvalue weighted by Crippen LogP contribution is -2.47. The van der Waals surface area contributed by atoms with E-state index in [0.717, 1.165) is 38.8 Å². The van der Waals surface area contributed by atoms with Gasteiger partial charge in [0.05, 0.1) is 0 Å². The van der Waals surface area contributed by atoms with Gasteiger partial charge in [-0.2, -0.15) is 0 Å². The summed E-state index contributed by atoms with van der Waals surface area (Å²) in [6, 6.07) is 0. The van der Waals surface area contributed by atoms with Crippen LogP contribution in [0.3, 0.4) is 0 Å². The summed E-state index contributed by atoms with van der Waals surface area (Å²) >= 11 is 0. The number of nitrogens with zero attached hydrogens (tertiary/aromatic N) is 1. The molecule has 0 aromatic rings. The van der Waals surface area contributed by atoms with Gasteiger partial charge >= 0.3 is 0 Å². The molecule has 22 heavy (non-hydrogen) atoms. The van der Waals surface area contributed by atoms with Gasteiger partial charge in [-0.05, 0) is 44.1 Å². The van der Waals surface area contributed by atoms with Gasteiger partial charge in [-0.25, -0.2) is 0 Å². The Balaban J connectivity index is 2.81. The highest BCUT2D eigenvalue weighted by Gasteiger charge is 2.35. The number of likely N-dealkylation sites (tertiary alicyclic amines) is 1. The number of piperidine rings is 1. The van der Waals surface area contributed by atoms with E-state index in [1.807, 2.05) is 11.8 Å². The topological polar surface area (TPSA) is 89.4 Å². The van der Waals surface area contributed by atoms with Gasteiger partial charge in [0.25, 0.3) is 0 Å². The van der Waals surface area contributed by atoms with Crippen molar-refractivity contribution in [3.63, 3.8) is 0 Å². The molecule has 2 atom stereocenters. The molecule has 5 nitrogen and oxygen atoms in total. The molecule has 4 N–H and O–H groups in total. The van der Waals surface area contributed by atoms with Gasteiger partial charge in [-0.15, -0.1) is 0 Å². The third-order valence-electron chi connectivity index (χ3n) is 4.75. The number of carbonyl (C=O) groups is 2. The quantitative estimate of drug-likeness (QED) is 0.715. The minimum Gasteiger partial charge on any atom is -0.369 e. The summed E-state index contributed by atoms with van der Waals surface area (Å²) in [4.78, 5) is 26.7. The van der Waals surface area contributed by atoms with Crippen molar-refractivity contribution in [2.24, 2.45) is 35.1 Å². The Labute approximate surface area is 134 Å². The van der Waals surface area contributed by atoms with Crippen LogP contribution in [0.4, 0.5) is 0 Å². The molecule has 0 unspecified atom stereocenters. The normalized spacial score (nSPS) is 19.2. The van der Waals surface area contributed by atoms with E-state index in [9.17, 15) is 9.59 Å². The number of hydrogen-bond donors (Lipinski definition) is 2. The SMILES string of the molecule is CCC[C@H](C(N)=O)[C@@H](CC(C)C)C(=O)N1CCC(CN)CC1. The van der Waals surface area contributed by atoms with Crippen molar-refractivity contribution in [2.75, 3.05) is 19.6 Å². The standard InChI is InChI=1S/C17H33N3O2/c1-4-5-14(16(19)21)15(10-12(2)3)17(22)20-8-6-13(11-18)7-9-20/h12-15H,4-11,18H2,1-3H3,(H2,19,21)/t14-,15+/m0/s1. The van der Waals surface area contributed by atoms with Crippen molar-refractivity contribution < 1.29 is 9.59 Å². The van der Waals surface area contributed by atoms with Gasteiger partial charge in [0, 0.05) is 24.9 Å². The number of nitrogens with two attached hydrogens (primary N) is 2. The summed E-state index contributed by atoms with van der Waals surface area (Å²) in [5.74, 6) is 0.0579. The smallest absolute Gasteiger partial charge is 0.226 e. The molecule has 1 saturated heterocycles. The van der Waals surface area contributed by atoms with Crippen LogP contribution >= 0.6 is 0 Å². The molecular weight excluding hydrogens is 278 g/mol. The summed E-state index contributed by atoms with van der Waals surface area (Å²) in [6.07, 6.45) is 4.21. The second-order valence-corrected chi connectivity index (χ2v) is 7.04. The van der Waals surface area contributed by atoms with Gasteiger partial charge < -0.3 is 16.4 Å². The minimum atomic E-state index is -0.341. The fourth-order valence-electron chi connectivity index (χ4n) is 3.42. The summed E-state index contributed by atoms with van der Waals surface area (Å²) in [5.41, 5.74) is 11.3. The third kappa shape index (κ3) is 5.27. The number of primary amides is 1. The van der Waals surface area contributed by atoms with Crippen LogP contribution < -0.4 is 11.5 Å². The number of amides is 2. The number of rotatable bonds is 8. The van der Waals surface area contributed by atoms with Crippen molar-refractivity contribution in [1.82, 2.24) is 4.90 Å². The molecule has 1 rings (SSSR count). The van der Waals surface area contributed by atoms with Crippen LogP contribution in [0, 0.1) is 23.7 Å². The van der Waals surface area contributed by atoms with Gasteiger partial charge in [0.2, 0.25) is 11.8 Å². The predicted molar refractivity (Wildman–Crippen MR) is 88.9 cm³/mol. The van der Waals surface area contributed by atoms with Gasteiger partial charge in [-0.3, -0.25) is 9.59 Å². The zero-order valence-corrected chi connectivity index (χ0v) is 14.4. The second kappa shape index (κ2) is 9.13. The van der Waals surface area contributed by atoms with Gasteiger partial charge in [0.1, 0.15) is 0 Å². The van der Waals surface area contributed by atoms with Crippen molar-refractivity contribution in [3.8, 4) is 0 Å². The first-order valence-corrected chi connectivity index (χ1v) is 8.68. The maximum Gasteiger partial charge on any atom is 0.226 e. The molecule has 0 radical (unpaired) electrons. The monoisotopic (exact) mass is 311 g/mol. The molecule has 2 amide bonds. The Hall–Kier alpha value is -1.10. The van der Waals surface area contributed by atoms with Crippen LogP contribution in [-0.4, -0.2) is 36.3 Å².